The number of phenolic OH excluding ortho intramolecular Hbond substituents is 1. The second-order valence-electron chi connectivity index (χ2n) is 9.83. The van der Waals surface area contributed by atoms with Crippen molar-refractivity contribution < 1.29 is 5.11 Å². The molecule has 31 heavy (non-hydrogen) atoms. The van der Waals surface area contributed by atoms with Crippen LogP contribution >= 0.6 is 0 Å². The molecule has 1 heteroatoms. The van der Waals surface area contributed by atoms with Crippen LogP contribution in [0.25, 0.3) is 0 Å². The van der Waals surface area contributed by atoms with Crippen LogP contribution in [0.1, 0.15) is 127 Å². The minimum Gasteiger partial charge on any atom is -0.508 e. The fourth-order valence-electron chi connectivity index (χ4n) is 5.07. The van der Waals surface area contributed by atoms with Crippen molar-refractivity contribution in [2.45, 2.75) is 116 Å². The summed E-state index contributed by atoms with van der Waals surface area (Å²) in [5, 5.41) is 10.5. The van der Waals surface area contributed by atoms with Crippen molar-refractivity contribution in [3.63, 3.8) is 0 Å². The average molecular weight is 423 g/mol. The highest BCUT2D eigenvalue weighted by Crippen LogP contribution is 2.41. The predicted octanol–water partition coefficient (Wildman–Crippen LogP) is 9.52. The van der Waals surface area contributed by atoms with E-state index in [2.05, 4.69) is 58.0 Å². The van der Waals surface area contributed by atoms with Gasteiger partial charge in [0.25, 0.3) is 0 Å². The third-order valence-electron chi connectivity index (χ3n) is 6.94. The van der Waals surface area contributed by atoms with Gasteiger partial charge in [-0.05, 0) is 36.0 Å². The third kappa shape index (κ3) is 7.70. The van der Waals surface area contributed by atoms with Crippen LogP contribution < -0.4 is 0 Å². The maximum Gasteiger partial charge on any atom is 0.119 e. The number of para-hydroxylation sites is 1. The number of benzene rings is 2. The lowest BCUT2D eigenvalue weighted by Gasteiger charge is -2.32. The third-order valence-corrected chi connectivity index (χ3v) is 6.94. The van der Waals surface area contributed by atoms with Gasteiger partial charge < -0.3 is 5.11 Å². The van der Waals surface area contributed by atoms with Gasteiger partial charge in [0.1, 0.15) is 5.75 Å². The molecule has 2 rings (SSSR count). The van der Waals surface area contributed by atoms with Gasteiger partial charge in [-0.15, -0.1) is 0 Å². The molecule has 1 unspecified atom stereocenters. The van der Waals surface area contributed by atoms with Crippen LogP contribution in [-0.2, 0) is 5.41 Å². The van der Waals surface area contributed by atoms with Crippen molar-refractivity contribution in [2.75, 3.05) is 0 Å². The summed E-state index contributed by atoms with van der Waals surface area (Å²) in [6.45, 7) is 9.10. The summed E-state index contributed by atoms with van der Waals surface area (Å²) in [5.74, 6) is 1.00. The monoisotopic (exact) mass is 422 g/mol. The fraction of sp³-hybridized carbons (Fsp3) is 0.600. The topological polar surface area (TPSA) is 20.2 Å². The summed E-state index contributed by atoms with van der Waals surface area (Å²) >= 11 is 0. The molecule has 0 aromatic heterocycles. The van der Waals surface area contributed by atoms with Crippen molar-refractivity contribution >= 4 is 0 Å². The number of hydrogen-bond donors (Lipinski definition) is 1. The molecule has 0 amide bonds. The lowest BCUT2D eigenvalue weighted by Crippen LogP contribution is -2.22. The summed E-state index contributed by atoms with van der Waals surface area (Å²) in [5.41, 5.74) is 3.65. The Hall–Kier alpha value is -1.76. The van der Waals surface area contributed by atoms with E-state index in [4.69, 9.17) is 0 Å². The van der Waals surface area contributed by atoms with Crippen LogP contribution in [0.15, 0.2) is 48.5 Å². The van der Waals surface area contributed by atoms with E-state index in [1.54, 1.807) is 0 Å². The smallest absolute Gasteiger partial charge is 0.119 e. The van der Waals surface area contributed by atoms with Crippen LogP contribution in [0.5, 0.6) is 5.75 Å². The zero-order valence-electron chi connectivity index (χ0n) is 20.6. The van der Waals surface area contributed by atoms with Crippen molar-refractivity contribution in [1.29, 1.82) is 0 Å². The standard InChI is InChI=1S/C30H46O/c1-5-7-8-9-10-11-12-13-14-20-25(19-6-2)26-21-15-16-22-27(26)30(3,4)28-23-17-18-24-29(28)31/h15-18,21-25,31H,5-14,19-20H2,1-4H3. The molecule has 0 saturated carbocycles. The molecule has 2 aromatic carbocycles. The van der Waals surface area contributed by atoms with E-state index in [0.29, 0.717) is 11.7 Å². The zero-order valence-corrected chi connectivity index (χ0v) is 20.6. The number of rotatable bonds is 15. The van der Waals surface area contributed by atoms with Crippen LogP contribution in [-0.4, -0.2) is 5.11 Å². The van der Waals surface area contributed by atoms with E-state index in [9.17, 15) is 5.11 Å². The number of hydrogen-bond acceptors (Lipinski definition) is 1. The van der Waals surface area contributed by atoms with E-state index in [1.165, 1.54) is 88.2 Å². The molecular weight excluding hydrogens is 376 g/mol. The molecule has 0 heterocycles. The molecule has 0 aliphatic carbocycles. The van der Waals surface area contributed by atoms with Gasteiger partial charge in [0.05, 0.1) is 0 Å². The average Bonchev–Trinajstić information content (AvgIpc) is 2.77. The fourth-order valence-corrected chi connectivity index (χ4v) is 5.07. The Morgan fingerprint density at radius 3 is 1.81 bits per heavy atom. The largest absolute Gasteiger partial charge is 0.508 e. The van der Waals surface area contributed by atoms with Crippen molar-refractivity contribution in [1.82, 2.24) is 0 Å². The maximum absolute atomic E-state index is 10.5. The summed E-state index contributed by atoms with van der Waals surface area (Å²) in [6, 6.07) is 16.8. The van der Waals surface area contributed by atoms with Crippen molar-refractivity contribution in [2.24, 2.45) is 0 Å². The first kappa shape index (κ1) is 25.5. The van der Waals surface area contributed by atoms with Gasteiger partial charge in [0.2, 0.25) is 0 Å². The molecule has 172 valence electrons. The number of phenols is 1. The first-order valence-electron chi connectivity index (χ1n) is 12.9. The Labute approximate surface area is 192 Å². The van der Waals surface area contributed by atoms with Gasteiger partial charge in [0.15, 0.2) is 0 Å². The second-order valence-corrected chi connectivity index (χ2v) is 9.83. The van der Waals surface area contributed by atoms with E-state index in [1.807, 2.05) is 18.2 Å². The highest BCUT2D eigenvalue weighted by Gasteiger charge is 2.29. The van der Waals surface area contributed by atoms with Gasteiger partial charge in [-0.2, -0.15) is 0 Å². The molecule has 0 fully saturated rings. The van der Waals surface area contributed by atoms with Gasteiger partial charge in [-0.1, -0.05) is 134 Å². The van der Waals surface area contributed by atoms with Crippen LogP contribution in [0.2, 0.25) is 0 Å². The Balaban J connectivity index is 2.03. The molecule has 0 spiro atoms. The molecule has 0 bridgehead atoms. The van der Waals surface area contributed by atoms with E-state index >= 15 is 0 Å². The molecule has 1 N–H and O–H groups in total. The SMILES string of the molecule is CCCCCCCCCCCC(CCC)c1ccccc1C(C)(C)c1ccccc1O. The Morgan fingerprint density at radius 2 is 1.19 bits per heavy atom. The first-order valence-corrected chi connectivity index (χ1v) is 12.9. The Morgan fingerprint density at radius 1 is 0.645 bits per heavy atom. The summed E-state index contributed by atoms with van der Waals surface area (Å²) in [6.07, 6.45) is 16.2. The highest BCUT2D eigenvalue weighted by molar-refractivity contribution is 5.48. The molecule has 0 aliphatic rings. The van der Waals surface area contributed by atoms with Gasteiger partial charge in [0, 0.05) is 11.0 Å². The van der Waals surface area contributed by atoms with Crippen molar-refractivity contribution in [3.05, 3.63) is 65.2 Å². The zero-order chi connectivity index (χ0) is 22.5. The lowest BCUT2D eigenvalue weighted by atomic mass is 9.72. The van der Waals surface area contributed by atoms with E-state index in [0.717, 1.165) is 5.56 Å². The summed E-state index contributed by atoms with van der Waals surface area (Å²) in [7, 11) is 0. The maximum atomic E-state index is 10.5. The van der Waals surface area contributed by atoms with Gasteiger partial charge in [-0.25, -0.2) is 0 Å². The first-order chi connectivity index (χ1) is 15.0. The van der Waals surface area contributed by atoms with Gasteiger partial charge in [-0.3, -0.25) is 0 Å². The minimum atomic E-state index is -0.216. The molecule has 0 radical (unpaired) electrons. The van der Waals surface area contributed by atoms with Gasteiger partial charge >= 0.3 is 0 Å². The number of unbranched alkanes of at least 4 members (excludes halogenated alkanes) is 8. The number of aromatic hydroxyl groups is 1. The Bertz CT molecular complexity index is 746. The minimum absolute atomic E-state index is 0.216. The second kappa shape index (κ2) is 13.6. The normalized spacial score (nSPS) is 12.8. The molecule has 1 atom stereocenters. The van der Waals surface area contributed by atoms with Crippen LogP contribution in [0.4, 0.5) is 0 Å². The van der Waals surface area contributed by atoms with Crippen LogP contribution in [0, 0.1) is 0 Å². The molecule has 0 aliphatic heterocycles. The van der Waals surface area contributed by atoms with E-state index in [-0.39, 0.29) is 5.41 Å². The molecule has 1 nitrogen and oxygen atoms in total. The summed E-state index contributed by atoms with van der Waals surface area (Å²) in [4.78, 5) is 0. The quantitative estimate of drug-likeness (QED) is 0.283. The predicted molar refractivity (Wildman–Crippen MR) is 136 cm³/mol. The lowest BCUT2D eigenvalue weighted by molar-refractivity contribution is 0.450. The molecule has 2 aromatic rings. The van der Waals surface area contributed by atoms with Crippen LogP contribution in [0.3, 0.4) is 0 Å². The molecular formula is C30H46O. The molecule has 0 saturated heterocycles. The Kier molecular flexibility index (Phi) is 11.2. The van der Waals surface area contributed by atoms with E-state index < -0.39 is 0 Å². The summed E-state index contributed by atoms with van der Waals surface area (Å²) < 4.78 is 0. The van der Waals surface area contributed by atoms with Crippen molar-refractivity contribution in [3.8, 4) is 5.75 Å². The highest BCUT2D eigenvalue weighted by atomic mass is 16.3.